The molecule has 1 N–H and O–H groups in total. The zero-order chi connectivity index (χ0) is 28.0. The number of nitrogens with zero attached hydrogens (tertiary/aromatic N) is 1. The van der Waals surface area contributed by atoms with Crippen molar-refractivity contribution in [3.63, 3.8) is 0 Å². The molecule has 3 nitrogen and oxygen atoms in total. The molecule has 4 heteroatoms. The van der Waals surface area contributed by atoms with Gasteiger partial charge in [-0.3, -0.25) is 4.90 Å². The number of piperidine rings is 2. The Bertz CT molecular complexity index is 1430. The summed E-state index contributed by atoms with van der Waals surface area (Å²) in [5.41, 5.74) is 3.97. The summed E-state index contributed by atoms with van der Waals surface area (Å²) < 4.78 is 7.88. The molecule has 41 heavy (non-hydrogen) atoms. The van der Waals surface area contributed by atoms with Crippen LogP contribution in [0.2, 0.25) is 5.04 Å². The van der Waals surface area contributed by atoms with Crippen LogP contribution in [-0.2, 0) is 11.0 Å². The maximum absolute atomic E-state index is 7.88. The minimum Gasteiger partial charge on any atom is -0.401 e. The lowest BCUT2D eigenvalue weighted by molar-refractivity contribution is 0.0456. The van der Waals surface area contributed by atoms with Gasteiger partial charge in [0.05, 0.1) is 12.1 Å². The molecule has 0 aromatic heterocycles. The van der Waals surface area contributed by atoms with E-state index in [1.165, 1.54) is 39.9 Å². The van der Waals surface area contributed by atoms with Crippen LogP contribution in [0.25, 0.3) is 11.1 Å². The molecule has 210 valence electrons. The molecular formula is C37H42N2OSi. The van der Waals surface area contributed by atoms with Gasteiger partial charge in [0.25, 0.3) is 8.32 Å². The molecule has 0 radical (unpaired) electrons. The monoisotopic (exact) mass is 558 g/mol. The van der Waals surface area contributed by atoms with Crippen LogP contribution in [0.15, 0.2) is 115 Å². The molecule has 0 aliphatic carbocycles. The largest absolute Gasteiger partial charge is 0.401 e. The van der Waals surface area contributed by atoms with Gasteiger partial charge in [-0.05, 0) is 56.9 Å². The van der Waals surface area contributed by atoms with Crippen LogP contribution in [0.3, 0.4) is 0 Å². The number of rotatable bonds is 7. The van der Waals surface area contributed by atoms with Crippen LogP contribution in [0.4, 0.5) is 0 Å². The van der Waals surface area contributed by atoms with Crippen LogP contribution in [-0.4, -0.2) is 44.0 Å². The summed E-state index contributed by atoms with van der Waals surface area (Å²) >= 11 is 0. The molecule has 5 atom stereocenters. The summed E-state index contributed by atoms with van der Waals surface area (Å²) in [5.74, 6) is 0.729. The third-order valence-electron chi connectivity index (χ3n) is 9.81. The maximum atomic E-state index is 7.88. The zero-order valence-electron chi connectivity index (χ0n) is 24.5. The van der Waals surface area contributed by atoms with E-state index in [1.54, 1.807) is 0 Å². The van der Waals surface area contributed by atoms with E-state index < -0.39 is 8.32 Å². The highest BCUT2D eigenvalue weighted by Gasteiger charge is 2.59. The molecule has 4 aromatic carbocycles. The van der Waals surface area contributed by atoms with Gasteiger partial charge < -0.3 is 9.74 Å². The van der Waals surface area contributed by atoms with E-state index in [1.807, 2.05) is 0 Å². The summed E-state index contributed by atoms with van der Waals surface area (Å²) in [6.07, 6.45) is 2.63. The van der Waals surface area contributed by atoms with Crippen LogP contribution < -0.4 is 15.7 Å². The minimum atomic E-state index is -2.66. The quantitative estimate of drug-likeness (QED) is 0.272. The van der Waals surface area contributed by atoms with Gasteiger partial charge in [0.1, 0.15) is 0 Å². The van der Waals surface area contributed by atoms with Crippen molar-refractivity contribution in [3.8, 4) is 11.1 Å². The molecule has 7 rings (SSSR count). The third kappa shape index (κ3) is 4.81. The van der Waals surface area contributed by atoms with E-state index in [-0.39, 0.29) is 11.1 Å². The lowest BCUT2D eigenvalue weighted by Crippen LogP contribution is -2.69. The number of hydrogen-bond donors (Lipinski definition) is 1. The summed E-state index contributed by atoms with van der Waals surface area (Å²) in [6, 6.07) is 43.5. The molecule has 3 saturated heterocycles. The van der Waals surface area contributed by atoms with E-state index in [0.717, 1.165) is 19.0 Å². The van der Waals surface area contributed by atoms with E-state index in [2.05, 4.69) is 146 Å². The average molecular weight is 559 g/mol. The number of likely N-dealkylation sites (tertiary alicyclic amines) is 1. The van der Waals surface area contributed by atoms with Crippen molar-refractivity contribution >= 4 is 18.7 Å². The Labute approximate surface area is 246 Å². The molecule has 0 saturated carbocycles. The molecule has 0 spiro atoms. The number of benzene rings is 4. The fourth-order valence-electron chi connectivity index (χ4n) is 8.16. The van der Waals surface area contributed by atoms with Gasteiger partial charge in [0, 0.05) is 25.2 Å². The Morgan fingerprint density at radius 1 is 0.732 bits per heavy atom. The van der Waals surface area contributed by atoms with Crippen LogP contribution in [0, 0.1) is 5.92 Å². The van der Waals surface area contributed by atoms with Gasteiger partial charge in [0.2, 0.25) is 0 Å². The minimum absolute atomic E-state index is 0.0285. The Morgan fingerprint density at radius 3 is 1.95 bits per heavy atom. The highest BCUT2D eigenvalue weighted by atomic mass is 28.4. The van der Waals surface area contributed by atoms with Crippen molar-refractivity contribution in [3.05, 3.63) is 121 Å². The van der Waals surface area contributed by atoms with Gasteiger partial charge in [-0.2, -0.15) is 0 Å². The van der Waals surface area contributed by atoms with Crippen molar-refractivity contribution in [2.75, 3.05) is 6.54 Å². The SMILES string of the molecule is CC(C)(C)[Si](O[C@H]1C2CC3CC(N2)C1N(Cc1cccc(-c2ccccc2)c1)C3)(c1ccccc1)c1ccccc1. The number of hydrogen-bond acceptors (Lipinski definition) is 3. The van der Waals surface area contributed by atoms with Crippen molar-refractivity contribution in [1.82, 2.24) is 10.2 Å². The zero-order valence-corrected chi connectivity index (χ0v) is 25.5. The van der Waals surface area contributed by atoms with Gasteiger partial charge in [-0.15, -0.1) is 0 Å². The number of nitrogens with one attached hydrogen (secondary N) is 1. The predicted octanol–water partition coefficient (Wildman–Crippen LogP) is 6.23. The lowest BCUT2D eigenvalue weighted by atomic mass is 9.87. The fraction of sp³-hybridized carbons (Fsp3) is 0.351. The third-order valence-corrected chi connectivity index (χ3v) is 14.8. The van der Waals surface area contributed by atoms with Crippen LogP contribution >= 0.6 is 0 Å². The molecule has 3 bridgehead atoms. The first-order chi connectivity index (χ1) is 19.9. The van der Waals surface area contributed by atoms with Gasteiger partial charge in [0.15, 0.2) is 0 Å². The molecule has 4 aromatic rings. The first-order valence-corrected chi connectivity index (χ1v) is 17.3. The van der Waals surface area contributed by atoms with Crippen molar-refractivity contribution in [2.45, 2.75) is 69.4 Å². The Hall–Kier alpha value is -3.02. The fourth-order valence-corrected chi connectivity index (χ4v) is 12.9. The second-order valence-corrected chi connectivity index (χ2v) is 17.7. The van der Waals surface area contributed by atoms with E-state index in [0.29, 0.717) is 18.1 Å². The topological polar surface area (TPSA) is 24.5 Å². The van der Waals surface area contributed by atoms with Crippen LogP contribution in [0.5, 0.6) is 0 Å². The first-order valence-electron chi connectivity index (χ1n) is 15.4. The van der Waals surface area contributed by atoms with Crippen LogP contribution in [0.1, 0.15) is 39.2 Å². The molecule has 3 heterocycles. The Kier molecular flexibility index (Phi) is 6.99. The second-order valence-electron chi connectivity index (χ2n) is 13.4. The lowest BCUT2D eigenvalue weighted by Gasteiger charge is -2.47. The smallest absolute Gasteiger partial charge is 0.261 e. The second kappa shape index (κ2) is 10.7. The maximum Gasteiger partial charge on any atom is 0.261 e. The molecule has 3 aliphatic heterocycles. The van der Waals surface area contributed by atoms with Gasteiger partial charge >= 0.3 is 0 Å². The molecular weight excluding hydrogens is 517 g/mol. The molecule has 3 fully saturated rings. The van der Waals surface area contributed by atoms with E-state index >= 15 is 0 Å². The molecule has 0 amide bonds. The summed E-state index contributed by atoms with van der Waals surface area (Å²) in [6.45, 7) is 9.33. The van der Waals surface area contributed by atoms with Crippen molar-refractivity contribution in [2.24, 2.45) is 5.92 Å². The van der Waals surface area contributed by atoms with Crippen molar-refractivity contribution < 1.29 is 4.43 Å². The van der Waals surface area contributed by atoms with Gasteiger partial charge in [-0.1, -0.05) is 130 Å². The van der Waals surface area contributed by atoms with E-state index in [4.69, 9.17) is 4.43 Å². The standard InChI is InChI=1S/C37H42N2OSi/c1-37(2,3)41(31-18-9-5-10-19-31,32-20-11-6-12-21-32)40-36-34-24-28-23-33(38-34)35(36)39(26-28)25-27-14-13-17-30(22-27)29-15-7-4-8-16-29/h4-22,28,33-36,38H,23-26H2,1-3H3/t28?,33?,34?,35?,36-/m0/s1. The number of fused-ring (bicyclic) bond motifs is 2. The average Bonchev–Trinajstić information content (AvgIpc) is 3.18. The Morgan fingerprint density at radius 2 is 1.32 bits per heavy atom. The first kappa shape index (κ1) is 26.8. The highest BCUT2D eigenvalue weighted by molar-refractivity contribution is 6.99. The predicted molar refractivity (Wildman–Crippen MR) is 172 cm³/mol. The Balaban J connectivity index is 1.26. The van der Waals surface area contributed by atoms with E-state index in [9.17, 15) is 0 Å². The highest BCUT2D eigenvalue weighted by Crippen LogP contribution is 2.45. The van der Waals surface area contributed by atoms with Gasteiger partial charge in [-0.25, -0.2) is 0 Å². The molecule has 4 unspecified atom stereocenters. The molecule has 3 aliphatic rings. The summed E-state index contributed by atoms with van der Waals surface area (Å²) in [5, 5.41) is 6.77. The van der Waals surface area contributed by atoms with Crippen molar-refractivity contribution in [1.29, 1.82) is 0 Å². The summed E-state index contributed by atoms with van der Waals surface area (Å²) in [7, 11) is -2.66. The summed E-state index contributed by atoms with van der Waals surface area (Å²) in [4.78, 5) is 2.77. The normalized spacial score (nSPS) is 25.9.